The maximum Gasteiger partial charge on any atom is 0 e. The van der Waals surface area contributed by atoms with E-state index >= 15 is 0 Å². The minimum absolute atomic E-state index is 1.17. The fourth-order valence-electron chi connectivity index (χ4n) is 0. The van der Waals surface area contributed by atoms with Crippen molar-refractivity contribution < 1.29 is 36.6 Å². The van der Waals surface area contributed by atoms with Crippen LogP contribution in [0.2, 0.25) is 0 Å². The Morgan fingerprint density at radius 3 is 0.667 bits per heavy atom. The molecule has 0 saturated heterocycles. The summed E-state index contributed by atoms with van der Waals surface area (Å²) in [6, 6.07) is 0. The standard InChI is InChI=1S/C4H8.4F2/c1-4(2)3;4*1-2/h1H2,2-3H3;;;;. The topological polar surface area (TPSA) is 0 Å². The van der Waals surface area contributed by atoms with E-state index in [-0.39, 0.29) is 0 Å². The smallest absolute Gasteiger partial charge is 0 e. The van der Waals surface area contributed by atoms with E-state index in [2.05, 4.69) is 6.58 Å². The van der Waals surface area contributed by atoms with Gasteiger partial charge in [-0.15, -0.1) is 6.58 Å². The Morgan fingerprint density at radius 1 is 0.667 bits per heavy atom. The zero-order valence-corrected chi connectivity index (χ0v) is 6.23. The zero-order chi connectivity index (χ0) is 11.6. The zero-order valence-electron chi connectivity index (χ0n) is 6.23. The monoisotopic (exact) mass is 208 g/mol. The molecule has 0 N–H and O–H groups in total. The van der Waals surface area contributed by atoms with E-state index in [1.54, 1.807) is 0 Å². The van der Waals surface area contributed by atoms with E-state index in [1.807, 2.05) is 13.8 Å². The van der Waals surface area contributed by atoms with Crippen molar-refractivity contribution in [1.29, 1.82) is 0 Å². The van der Waals surface area contributed by atoms with Crippen LogP contribution < -0.4 is 0 Å². The molecular formula is C4H8F8. The van der Waals surface area contributed by atoms with Crippen molar-refractivity contribution in [3.05, 3.63) is 12.2 Å². The molecule has 12 heavy (non-hydrogen) atoms. The van der Waals surface area contributed by atoms with Gasteiger partial charge in [0, 0.05) is 36.6 Å². The summed E-state index contributed by atoms with van der Waals surface area (Å²) in [5.74, 6) is 0. The van der Waals surface area contributed by atoms with E-state index in [4.69, 9.17) is 36.6 Å². The largest absolute Gasteiger partial charge is 0.100 e. The molecular weight excluding hydrogens is 200 g/mol. The third-order valence-electron chi connectivity index (χ3n) is 0. The van der Waals surface area contributed by atoms with Gasteiger partial charge in [0.05, 0.1) is 0 Å². The third kappa shape index (κ3) is 914. The summed E-state index contributed by atoms with van der Waals surface area (Å²) in [7, 11) is 0. The lowest BCUT2D eigenvalue weighted by molar-refractivity contribution is 0.108. The van der Waals surface area contributed by atoms with E-state index in [0.717, 1.165) is 0 Å². The van der Waals surface area contributed by atoms with Crippen molar-refractivity contribution in [2.45, 2.75) is 13.8 Å². The van der Waals surface area contributed by atoms with Crippen LogP contribution in [0.3, 0.4) is 0 Å². The van der Waals surface area contributed by atoms with Crippen molar-refractivity contribution in [3.8, 4) is 0 Å². The molecule has 0 bridgehead atoms. The van der Waals surface area contributed by atoms with Gasteiger partial charge in [0.15, 0.2) is 0 Å². The molecule has 0 amide bonds. The number of halogens is 8. The van der Waals surface area contributed by atoms with Crippen LogP contribution in [0.25, 0.3) is 0 Å². The van der Waals surface area contributed by atoms with Gasteiger partial charge in [-0.3, -0.25) is 0 Å². The summed E-state index contributed by atoms with van der Waals surface area (Å²) in [5, 5.41) is 0. The fourth-order valence-corrected chi connectivity index (χ4v) is 0. The van der Waals surface area contributed by atoms with Gasteiger partial charge in [0.2, 0.25) is 0 Å². The average molecular weight is 208 g/mol. The summed E-state index contributed by atoms with van der Waals surface area (Å²) in [4.78, 5) is 0. The quantitative estimate of drug-likeness (QED) is 0.390. The molecule has 0 aromatic rings. The van der Waals surface area contributed by atoms with E-state index in [1.165, 1.54) is 5.57 Å². The maximum atomic E-state index is 8.00. The predicted molar refractivity (Wildman–Crippen MR) is 29.4 cm³/mol. The van der Waals surface area contributed by atoms with Crippen LogP contribution in [0.5, 0.6) is 0 Å². The van der Waals surface area contributed by atoms with Crippen molar-refractivity contribution in [2.24, 2.45) is 0 Å². The molecule has 0 fully saturated rings. The first kappa shape index (κ1) is 30.3. The molecule has 0 radical (unpaired) electrons. The van der Waals surface area contributed by atoms with Crippen LogP contribution in [0.1, 0.15) is 13.8 Å². The molecule has 0 nitrogen and oxygen atoms in total. The second-order valence-electron chi connectivity index (χ2n) is 1.21. The summed E-state index contributed by atoms with van der Waals surface area (Å²) in [6.45, 7) is 7.50. The number of allylic oxidation sites excluding steroid dienone is 1. The molecule has 0 atom stereocenters. The minimum Gasteiger partial charge on any atom is -0.100 e. The number of rotatable bonds is 0. The van der Waals surface area contributed by atoms with Crippen LogP contribution in [0, 0.1) is 0 Å². The van der Waals surface area contributed by atoms with Crippen LogP contribution in [-0.2, 0) is 0 Å². The van der Waals surface area contributed by atoms with Gasteiger partial charge in [0.25, 0.3) is 0 Å². The summed E-state index contributed by atoms with van der Waals surface area (Å²) in [6.07, 6.45) is 0. The molecule has 0 aromatic heterocycles. The van der Waals surface area contributed by atoms with E-state index < -0.39 is 0 Å². The van der Waals surface area contributed by atoms with Crippen LogP contribution in [0.4, 0.5) is 36.6 Å². The molecule has 0 aliphatic carbocycles. The summed E-state index contributed by atoms with van der Waals surface area (Å²) < 4.78 is 64.0. The van der Waals surface area contributed by atoms with Crippen molar-refractivity contribution in [1.82, 2.24) is 0 Å². The molecule has 0 aromatic carbocycles. The third-order valence-corrected chi connectivity index (χ3v) is 0. The average Bonchev–Trinajstić information content (AvgIpc) is 2.16. The van der Waals surface area contributed by atoms with Gasteiger partial charge in [0.1, 0.15) is 0 Å². The Morgan fingerprint density at radius 2 is 0.667 bits per heavy atom. The molecule has 0 heterocycles. The second-order valence-corrected chi connectivity index (χ2v) is 1.21. The van der Waals surface area contributed by atoms with Crippen molar-refractivity contribution >= 4 is 0 Å². The highest BCUT2D eigenvalue weighted by Gasteiger charge is 1.51. The van der Waals surface area contributed by atoms with Crippen molar-refractivity contribution in [3.63, 3.8) is 0 Å². The second kappa shape index (κ2) is 181. The van der Waals surface area contributed by atoms with Gasteiger partial charge >= 0.3 is 0 Å². The SMILES string of the molecule is C=C(C)C.FF.FF.FF.FF. The lowest BCUT2D eigenvalue weighted by Gasteiger charge is -1.65. The Kier molecular flexibility index (Phi) is 456. The van der Waals surface area contributed by atoms with Gasteiger partial charge in [-0.1, -0.05) is 5.57 Å². The maximum absolute atomic E-state index is 8.00. The highest BCUT2D eigenvalue weighted by atomic mass is 20.0. The Balaban J connectivity index is -0.0000000181. The molecule has 0 aliphatic rings. The molecule has 0 spiro atoms. The number of hydrogen-bond acceptors (Lipinski definition) is 0. The minimum atomic E-state index is 1.17. The molecule has 0 saturated carbocycles. The number of hydrogen-bond donors (Lipinski definition) is 0. The molecule has 0 unspecified atom stereocenters. The van der Waals surface area contributed by atoms with Crippen LogP contribution >= 0.6 is 0 Å². The van der Waals surface area contributed by atoms with Gasteiger partial charge in [-0.2, -0.15) is 0 Å². The van der Waals surface area contributed by atoms with Gasteiger partial charge in [-0.25, -0.2) is 0 Å². The van der Waals surface area contributed by atoms with Gasteiger partial charge in [-0.05, 0) is 13.8 Å². The fraction of sp³-hybridized carbons (Fsp3) is 0.500. The summed E-state index contributed by atoms with van der Waals surface area (Å²) >= 11 is 0. The molecule has 80 valence electrons. The lowest BCUT2D eigenvalue weighted by Crippen LogP contribution is -1.43. The van der Waals surface area contributed by atoms with Crippen LogP contribution in [-0.4, -0.2) is 0 Å². The molecule has 0 aliphatic heterocycles. The van der Waals surface area contributed by atoms with Crippen LogP contribution in [0.15, 0.2) is 12.2 Å². The van der Waals surface area contributed by atoms with E-state index in [0.29, 0.717) is 0 Å². The Labute approximate surface area is 63.9 Å². The first-order valence-corrected chi connectivity index (χ1v) is 1.92. The first-order valence-electron chi connectivity index (χ1n) is 1.92. The van der Waals surface area contributed by atoms with Crippen molar-refractivity contribution in [2.75, 3.05) is 0 Å². The highest BCUT2D eigenvalue weighted by molar-refractivity contribution is 4.78. The molecule has 8 heteroatoms. The Hall–Kier alpha value is -0.820. The predicted octanol–water partition coefficient (Wildman–Crippen LogP) is 4.94. The lowest BCUT2D eigenvalue weighted by atomic mass is 10.4. The molecule has 0 rings (SSSR count). The first-order chi connectivity index (χ1) is 5.73. The normalized spacial score (nSPS) is 4.17. The summed E-state index contributed by atoms with van der Waals surface area (Å²) in [5.41, 5.74) is 1.17. The Bertz CT molecular complexity index is 34.0. The van der Waals surface area contributed by atoms with E-state index in [9.17, 15) is 0 Å². The van der Waals surface area contributed by atoms with Gasteiger partial charge < -0.3 is 0 Å². The highest BCUT2D eigenvalue weighted by Crippen LogP contribution is 1.73.